The smallest absolute Gasteiger partial charge is 0.261 e. The van der Waals surface area contributed by atoms with Crippen LogP contribution >= 0.6 is 0 Å². The maximum atomic E-state index is 12.5. The van der Waals surface area contributed by atoms with Crippen molar-refractivity contribution in [1.29, 1.82) is 0 Å². The summed E-state index contributed by atoms with van der Waals surface area (Å²) in [6.45, 7) is 7.61. The van der Waals surface area contributed by atoms with Crippen LogP contribution in [0.3, 0.4) is 0 Å². The molecule has 0 aliphatic carbocycles. The quantitative estimate of drug-likeness (QED) is 0.689. The van der Waals surface area contributed by atoms with Crippen LogP contribution < -0.4 is 5.32 Å². The molecule has 25 heavy (non-hydrogen) atoms. The van der Waals surface area contributed by atoms with Crippen LogP contribution in [0.25, 0.3) is 0 Å². The average Bonchev–Trinajstić information content (AvgIpc) is 2.84. The molecule has 126 valence electrons. The van der Waals surface area contributed by atoms with Gasteiger partial charge in [-0.15, -0.1) is 6.58 Å². The Morgan fingerprint density at radius 1 is 1.12 bits per heavy atom. The van der Waals surface area contributed by atoms with Gasteiger partial charge in [0.25, 0.3) is 17.7 Å². The maximum Gasteiger partial charge on any atom is 0.261 e. The van der Waals surface area contributed by atoms with Gasteiger partial charge in [-0.2, -0.15) is 0 Å². The van der Waals surface area contributed by atoms with E-state index in [-0.39, 0.29) is 23.9 Å². The molecular weight excluding hydrogens is 316 g/mol. The lowest BCUT2D eigenvalue weighted by Crippen LogP contribution is -2.29. The van der Waals surface area contributed by atoms with Crippen LogP contribution in [-0.2, 0) is 0 Å². The van der Waals surface area contributed by atoms with Crippen molar-refractivity contribution in [3.8, 4) is 0 Å². The van der Waals surface area contributed by atoms with Gasteiger partial charge < -0.3 is 5.32 Å². The first kappa shape index (κ1) is 16.6. The highest BCUT2D eigenvalue weighted by Crippen LogP contribution is 2.25. The zero-order valence-corrected chi connectivity index (χ0v) is 14.1. The minimum Gasteiger partial charge on any atom is -0.322 e. The van der Waals surface area contributed by atoms with Crippen molar-refractivity contribution in [2.75, 3.05) is 11.9 Å². The third-order valence-electron chi connectivity index (χ3n) is 4.40. The SMILES string of the molecule is C=CCN1C(=O)c2ccc(C(=O)Nc3cccc(C)c3C)cc2C1=O. The van der Waals surface area contributed by atoms with Gasteiger partial charge in [0.2, 0.25) is 0 Å². The van der Waals surface area contributed by atoms with Crippen molar-refractivity contribution in [1.82, 2.24) is 4.90 Å². The second kappa shape index (κ2) is 6.36. The van der Waals surface area contributed by atoms with E-state index in [9.17, 15) is 14.4 Å². The van der Waals surface area contributed by atoms with E-state index in [1.54, 1.807) is 6.07 Å². The number of carbonyl (C=O) groups excluding carboxylic acids is 3. The van der Waals surface area contributed by atoms with Gasteiger partial charge in [0.1, 0.15) is 0 Å². The van der Waals surface area contributed by atoms with Crippen LogP contribution in [-0.4, -0.2) is 29.2 Å². The number of nitrogens with one attached hydrogen (secondary N) is 1. The molecule has 0 unspecified atom stereocenters. The van der Waals surface area contributed by atoms with Crippen molar-refractivity contribution in [2.24, 2.45) is 0 Å². The summed E-state index contributed by atoms with van der Waals surface area (Å²) in [5.41, 5.74) is 3.69. The van der Waals surface area contributed by atoms with Gasteiger partial charge in [0, 0.05) is 17.8 Å². The van der Waals surface area contributed by atoms with Crippen molar-refractivity contribution >= 4 is 23.4 Å². The first-order valence-corrected chi connectivity index (χ1v) is 7.92. The van der Waals surface area contributed by atoms with E-state index in [1.807, 2.05) is 32.0 Å². The van der Waals surface area contributed by atoms with Crippen LogP contribution in [0.2, 0.25) is 0 Å². The number of anilines is 1. The molecule has 5 nitrogen and oxygen atoms in total. The summed E-state index contributed by atoms with van der Waals surface area (Å²) < 4.78 is 0. The molecule has 0 saturated heterocycles. The molecule has 0 saturated carbocycles. The van der Waals surface area contributed by atoms with Gasteiger partial charge in [0.05, 0.1) is 11.1 Å². The van der Waals surface area contributed by atoms with Crippen molar-refractivity contribution in [2.45, 2.75) is 13.8 Å². The molecule has 1 aliphatic heterocycles. The summed E-state index contributed by atoms with van der Waals surface area (Å²) in [6.07, 6.45) is 1.50. The van der Waals surface area contributed by atoms with Gasteiger partial charge in [0.15, 0.2) is 0 Å². The molecule has 1 heterocycles. The highest BCUT2D eigenvalue weighted by Gasteiger charge is 2.35. The number of carbonyl (C=O) groups is 3. The Labute approximate surface area is 146 Å². The number of fused-ring (bicyclic) bond motifs is 1. The summed E-state index contributed by atoms with van der Waals surface area (Å²) in [7, 11) is 0. The fourth-order valence-electron chi connectivity index (χ4n) is 2.81. The van der Waals surface area contributed by atoms with Gasteiger partial charge >= 0.3 is 0 Å². The predicted octanol–water partition coefficient (Wildman–Crippen LogP) is 3.34. The Balaban J connectivity index is 1.90. The van der Waals surface area contributed by atoms with E-state index in [1.165, 1.54) is 18.2 Å². The first-order valence-electron chi connectivity index (χ1n) is 7.92. The fourth-order valence-corrected chi connectivity index (χ4v) is 2.81. The Morgan fingerprint density at radius 2 is 1.84 bits per heavy atom. The molecule has 2 aromatic rings. The first-order chi connectivity index (χ1) is 11.9. The van der Waals surface area contributed by atoms with Crippen molar-refractivity contribution in [3.63, 3.8) is 0 Å². The van der Waals surface area contributed by atoms with Crippen LogP contribution in [0.4, 0.5) is 5.69 Å². The van der Waals surface area contributed by atoms with E-state index in [0.717, 1.165) is 21.7 Å². The van der Waals surface area contributed by atoms with Crippen molar-refractivity contribution < 1.29 is 14.4 Å². The minimum absolute atomic E-state index is 0.149. The zero-order chi connectivity index (χ0) is 18.1. The number of benzene rings is 2. The van der Waals surface area contributed by atoms with Crippen LogP contribution in [0.1, 0.15) is 42.2 Å². The van der Waals surface area contributed by atoms with Crippen molar-refractivity contribution in [3.05, 3.63) is 76.9 Å². The molecular formula is C20H18N2O3. The molecule has 0 radical (unpaired) electrons. The van der Waals surface area contributed by atoms with Gasteiger partial charge in [-0.05, 0) is 49.2 Å². The lowest BCUT2D eigenvalue weighted by molar-refractivity contribution is 0.0672. The predicted molar refractivity (Wildman–Crippen MR) is 95.9 cm³/mol. The van der Waals surface area contributed by atoms with Gasteiger partial charge in [-0.1, -0.05) is 18.2 Å². The van der Waals surface area contributed by atoms with E-state index < -0.39 is 5.91 Å². The van der Waals surface area contributed by atoms with Crippen LogP contribution in [0.15, 0.2) is 49.1 Å². The van der Waals surface area contributed by atoms with Crippen LogP contribution in [0, 0.1) is 13.8 Å². The molecule has 0 spiro atoms. The van der Waals surface area contributed by atoms with E-state index >= 15 is 0 Å². The largest absolute Gasteiger partial charge is 0.322 e. The topological polar surface area (TPSA) is 66.5 Å². The molecule has 0 atom stereocenters. The van der Waals surface area contributed by atoms with E-state index in [0.29, 0.717) is 11.1 Å². The van der Waals surface area contributed by atoms with Gasteiger partial charge in [-0.25, -0.2) is 0 Å². The number of rotatable bonds is 4. The monoisotopic (exact) mass is 334 g/mol. The molecule has 2 aromatic carbocycles. The lowest BCUT2D eigenvalue weighted by Gasteiger charge is -2.10. The van der Waals surface area contributed by atoms with Crippen LogP contribution in [0.5, 0.6) is 0 Å². The third kappa shape index (κ3) is 2.85. The molecule has 0 aromatic heterocycles. The summed E-state index contributed by atoms with van der Waals surface area (Å²) in [4.78, 5) is 38.2. The second-order valence-electron chi connectivity index (χ2n) is 5.97. The Hall–Kier alpha value is -3.21. The molecule has 3 amide bonds. The molecule has 1 N–H and O–H groups in total. The fraction of sp³-hybridized carbons (Fsp3) is 0.150. The lowest BCUT2D eigenvalue weighted by atomic mass is 10.0. The molecule has 0 bridgehead atoms. The summed E-state index contributed by atoms with van der Waals surface area (Å²) >= 11 is 0. The molecule has 5 heteroatoms. The summed E-state index contributed by atoms with van der Waals surface area (Å²) in [5, 5.41) is 2.86. The number of nitrogens with zero attached hydrogens (tertiary/aromatic N) is 1. The highest BCUT2D eigenvalue weighted by molar-refractivity contribution is 6.22. The van der Waals surface area contributed by atoms with Gasteiger partial charge in [-0.3, -0.25) is 19.3 Å². The van der Waals surface area contributed by atoms with E-state index in [4.69, 9.17) is 0 Å². The molecule has 3 rings (SSSR count). The highest BCUT2D eigenvalue weighted by atomic mass is 16.2. The number of hydrogen-bond donors (Lipinski definition) is 1. The number of hydrogen-bond acceptors (Lipinski definition) is 3. The minimum atomic E-state index is -0.402. The normalized spacial score (nSPS) is 13.0. The second-order valence-corrected chi connectivity index (χ2v) is 5.97. The Morgan fingerprint density at radius 3 is 2.56 bits per heavy atom. The number of imide groups is 1. The summed E-state index contributed by atoms with van der Waals surface area (Å²) in [6, 6.07) is 10.2. The van der Waals surface area contributed by atoms with E-state index in [2.05, 4.69) is 11.9 Å². The zero-order valence-electron chi connectivity index (χ0n) is 14.1. The maximum absolute atomic E-state index is 12.5. The third-order valence-corrected chi connectivity index (χ3v) is 4.40. The summed E-state index contributed by atoms with van der Waals surface area (Å²) in [5.74, 6) is -1.08. The molecule has 1 aliphatic rings. The standard InChI is InChI=1S/C20H18N2O3/c1-4-10-22-19(24)15-9-8-14(11-16(15)20(22)25)18(23)21-17-7-5-6-12(2)13(17)3/h4-9,11H,1,10H2,2-3H3,(H,21,23). The number of aryl methyl sites for hydroxylation is 1. The Bertz CT molecular complexity index is 915. The molecule has 0 fully saturated rings. The number of amides is 3. The Kier molecular flexibility index (Phi) is 4.23. The average molecular weight is 334 g/mol.